The predicted molar refractivity (Wildman–Crippen MR) is 79.7 cm³/mol. The number of piperidine rings is 1. The van der Waals surface area contributed by atoms with Crippen LogP contribution in [0.25, 0.3) is 0 Å². The Morgan fingerprint density at radius 2 is 1.86 bits per heavy atom. The van der Waals surface area contributed by atoms with E-state index >= 15 is 0 Å². The minimum Gasteiger partial charge on any atom is -0.467 e. The van der Waals surface area contributed by atoms with Crippen molar-refractivity contribution in [2.75, 3.05) is 20.2 Å². The molecule has 5 heteroatoms. The summed E-state index contributed by atoms with van der Waals surface area (Å²) in [7, 11) is 1.33. The number of methoxy groups -OCH3 is 1. The maximum Gasteiger partial charge on any atom is 0.333 e. The number of ether oxygens (including phenoxy) is 1. The number of esters is 1. The van der Waals surface area contributed by atoms with E-state index in [0.717, 1.165) is 31.5 Å². The van der Waals surface area contributed by atoms with Crippen molar-refractivity contribution in [3.8, 4) is 0 Å². The zero-order chi connectivity index (χ0) is 15.2. The highest BCUT2D eigenvalue weighted by Gasteiger charge is 2.27. The fourth-order valence-corrected chi connectivity index (χ4v) is 2.47. The van der Waals surface area contributed by atoms with Crippen molar-refractivity contribution in [3.05, 3.63) is 35.9 Å². The molecule has 1 atom stereocenters. The first-order chi connectivity index (χ1) is 10.1. The number of nitrogens with one attached hydrogen (secondary N) is 1. The topological polar surface area (TPSA) is 58.6 Å². The minimum atomic E-state index is -0.761. The van der Waals surface area contributed by atoms with Crippen molar-refractivity contribution in [2.45, 2.75) is 25.8 Å². The van der Waals surface area contributed by atoms with Crippen LogP contribution in [-0.4, -0.2) is 37.1 Å². The Kier molecular flexibility index (Phi) is 5.20. The van der Waals surface area contributed by atoms with Crippen molar-refractivity contribution < 1.29 is 14.3 Å². The second kappa shape index (κ2) is 7.11. The largest absolute Gasteiger partial charge is 0.467 e. The molecule has 1 aliphatic rings. The highest BCUT2D eigenvalue weighted by molar-refractivity contribution is 5.84. The lowest BCUT2D eigenvalue weighted by Crippen LogP contribution is -2.47. The molecule has 0 aliphatic carbocycles. The van der Waals surface area contributed by atoms with Gasteiger partial charge in [-0.2, -0.15) is 0 Å². The standard InChI is InChI=1S/C16H22N2O3/c1-12-8-10-18(11-9-12)16(20)17-14(15(19)21-2)13-6-4-3-5-7-13/h3-7,12,14H,8-11H2,1-2H3,(H,17,20). The van der Waals surface area contributed by atoms with Gasteiger partial charge in [0.15, 0.2) is 6.04 Å². The molecule has 1 heterocycles. The maximum absolute atomic E-state index is 12.3. The molecule has 1 unspecified atom stereocenters. The summed E-state index contributed by atoms with van der Waals surface area (Å²) in [5.41, 5.74) is 0.725. The number of carbonyl (C=O) groups is 2. The van der Waals surface area contributed by atoms with E-state index < -0.39 is 12.0 Å². The minimum absolute atomic E-state index is 0.207. The normalized spacial score (nSPS) is 17.1. The Labute approximate surface area is 125 Å². The third-order valence-corrected chi connectivity index (χ3v) is 3.91. The van der Waals surface area contributed by atoms with Gasteiger partial charge in [0.05, 0.1) is 7.11 Å². The number of nitrogens with zero attached hydrogens (tertiary/aromatic N) is 1. The number of amides is 2. The molecular weight excluding hydrogens is 268 g/mol. The predicted octanol–water partition coefficient (Wildman–Crippen LogP) is 2.34. The molecular formula is C16H22N2O3. The molecule has 5 nitrogen and oxygen atoms in total. The number of likely N-dealkylation sites (tertiary alicyclic amines) is 1. The molecule has 1 saturated heterocycles. The summed E-state index contributed by atoms with van der Waals surface area (Å²) in [6.45, 7) is 3.65. The first-order valence-electron chi connectivity index (χ1n) is 7.30. The molecule has 0 aromatic heterocycles. The smallest absolute Gasteiger partial charge is 0.333 e. The van der Waals surface area contributed by atoms with Gasteiger partial charge in [-0.1, -0.05) is 37.3 Å². The van der Waals surface area contributed by atoms with Gasteiger partial charge < -0.3 is 15.0 Å². The Morgan fingerprint density at radius 1 is 1.24 bits per heavy atom. The van der Waals surface area contributed by atoms with Gasteiger partial charge in [-0.3, -0.25) is 0 Å². The average Bonchev–Trinajstić information content (AvgIpc) is 2.53. The summed E-state index contributed by atoms with van der Waals surface area (Å²) in [6, 6.07) is 8.18. The molecule has 2 amide bonds. The van der Waals surface area contributed by atoms with Crippen LogP contribution in [0.2, 0.25) is 0 Å². The molecule has 1 N–H and O–H groups in total. The summed E-state index contributed by atoms with van der Waals surface area (Å²) in [6.07, 6.45) is 2.00. The van der Waals surface area contributed by atoms with E-state index in [0.29, 0.717) is 5.92 Å². The Morgan fingerprint density at radius 3 is 2.43 bits per heavy atom. The lowest BCUT2D eigenvalue weighted by Gasteiger charge is -2.31. The highest BCUT2D eigenvalue weighted by atomic mass is 16.5. The second-order valence-electron chi connectivity index (χ2n) is 5.49. The molecule has 0 saturated carbocycles. The van der Waals surface area contributed by atoms with Gasteiger partial charge in [-0.25, -0.2) is 9.59 Å². The van der Waals surface area contributed by atoms with Gasteiger partial charge in [-0.05, 0) is 24.3 Å². The molecule has 2 rings (SSSR count). The van der Waals surface area contributed by atoms with E-state index in [9.17, 15) is 9.59 Å². The molecule has 1 aromatic carbocycles. The molecule has 1 aromatic rings. The Balaban J connectivity index is 2.05. The third kappa shape index (κ3) is 3.97. The van der Waals surface area contributed by atoms with Crippen LogP contribution in [0, 0.1) is 5.92 Å². The first kappa shape index (κ1) is 15.4. The number of hydrogen-bond acceptors (Lipinski definition) is 3. The number of benzene rings is 1. The van der Waals surface area contributed by atoms with Crippen LogP contribution in [0.4, 0.5) is 4.79 Å². The zero-order valence-corrected chi connectivity index (χ0v) is 12.5. The van der Waals surface area contributed by atoms with Crippen LogP contribution in [-0.2, 0) is 9.53 Å². The van der Waals surface area contributed by atoms with Crippen LogP contribution in [0.3, 0.4) is 0 Å². The fourth-order valence-electron chi connectivity index (χ4n) is 2.47. The fraction of sp³-hybridized carbons (Fsp3) is 0.500. The van der Waals surface area contributed by atoms with Crippen LogP contribution >= 0.6 is 0 Å². The molecule has 1 aliphatic heterocycles. The number of rotatable bonds is 3. The maximum atomic E-state index is 12.3. The molecule has 0 spiro atoms. The summed E-state index contributed by atoms with van der Waals surface area (Å²) >= 11 is 0. The SMILES string of the molecule is COC(=O)C(NC(=O)N1CCC(C)CC1)c1ccccc1. The summed E-state index contributed by atoms with van der Waals surface area (Å²) < 4.78 is 4.80. The van der Waals surface area contributed by atoms with Crippen LogP contribution < -0.4 is 5.32 Å². The second-order valence-corrected chi connectivity index (χ2v) is 5.49. The lowest BCUT2D eigenvalue weighted by molar-refractivity contribution is -0.143. The van der Waals surface area contributed by atoms with Gasteiger partial charge in [-0.15, -0.1) is 0 Å². The molecule has 21 heavy (non-hydrogen) atoms. The van der Waals surface area contributed by atoms with Gasteiger partial charge >= 0.3 is 12.0 Å². The van der Waals surface area contributed by atoms with E-state index in [4.69, 9.17) is 4.74 Å². The van der Waals surface area contributed by atoms with Gasteiger partial charge in [0.2, 0.25) is 0 Å². The van der Waals surface area contributed by atoms with Crippen LogP contribution in [0.5, 0.6) is 0 Å². The monoisotopic (exact) mass is 290 g/mol. The number of urea groups is 1. The summed E-state index contributed by atoms with van der Waals surface area (Å²) in [5, 5.41) is 2.78. The van der Waals surface area contributed by atoms with E-state index in [-0.39, 0.29) is 6.03 Å². The summed E-state index contributed by atoms with van der Waals surface area (Å²) in [5.74, 6) is 0.194. The van der Waals surface area contributed by atoms with Crippen LogP contribution in [0.15, 0.2) is 30.3 Å². The number of hydrogen-bond donors (Lipinski definition) is 1. The lowest BCUT2D eigenvalue weighted by atomic mass is 9.99. The third-order valence-electron chi connectivity index (χ3n) is 3.91. The highest BCUT2D eigenvalue weighted by Crippen LogP contribution is 2.18. The van der Waals surface area contributed by atoms with Crippen LogP contribution in [0.1, 0.15) is 31.4 Å². The molecule has 0 bridgehead atoms. The van der Waals surface area contributed by atoms with Crippen molar-refractivity contribution in [3.63, 3.8) is 0 Å². The van der Waals surface area contributed by atoms with E-state index in [1.165, 1.54) is 7.11 Å². The molecule has 114 valence electrons. The molecule has 0 radical (unpaired) electrons. The number of carbonyl (C=O) groups excluding carboxylic acids is 2. The van der Waals surface area contributed by atoms with E-state index in [2.05, 4.69) is 12.2 Å². The Bertz CT molecular complexity index is 482. The average molecular weight is 290 g/mol. The van der Waals surface area contributed by atoms with Gasteiger partial charge in [0.25, 0.3) is 0 Å². The van der Waals surface area contributed by atoms with Gasteiger partial charge in [0, 0.05) is 13.1 Å². The summed E-state index contributed by atoms with van der Waals surface area (Å²) in [4.78, 5) is 26.0. The van der Waals surface area contributed by atoms with Crippen molar-refractivity contribution in [1.29, 1.82) is 0 Å². The van der Waals surface area contributed by atoms with Crippen molar-refractivity contribution >= 4 is 12.0 Å². The van der Waals surface area contributed by atoms with Gasteiger partial charge in [0.1, 0.15) is 0 Å². The zero-order valence-electron chi connectivity index (χ0n) is 12.5. The first-order valence-corrected chi connectivity index (χ1v) is 7.30. The van der Waals surface area contributed by atoms with Crippen molar-refractivity contribution in [1.82, 2.24) is 10.2 Å². The van der Waals surface area contributed by atoms with Crippen molar-refractivity contribution in [2.24, 2.45) is 5.92 Å². The molecule has 1 fully saturated rings. The van der Waals surface area contributed by atoms with E-state index in [1.807, 2.05) is 18.2 Å². The Hall–Kier alpha value is -2.04. The van der Waals surface area contributed by atoms with E-state index in [1.54, 1.807) is 17.0 Å². The quantitative estimate of drug-likeness (QED) is 0.869.